The van der Waals surface area contributed by atoms with E-state index in [4.69, 9.17) is 10.2 Å². The van der Waals surface area contributed by atoms with Crippen LogP contribution in [0.15, 0.2) is 30.5 Å². The van der Waals surface area contributed by atoms with E-state index in [9.17, 15) is 18.0 Å². The fourth-order valence-electron chi connectivity index (χ4n) is 1.99. The van der Waals surface area contributed by atoms with E-state index in [-0.39, 0.29) is 30.6 Å². The van der Waals surface area contributed by atoms with Crippen LogP contribution in [0.3, 0.4) is 0 Å². The Labute approximate surface area is 123 Å². The SMILES string of the molecule is O=C(O)c1ccc(-n2cc(CCCO)c(C(F)(F)F)n2)cc1. The number of aryl methyl sites for hydroxylation is 1. The Kier molecular flexibility index (Phi) is 4.51. The number of rotatable bonds is 5. The molecule has 2 N–H and O–H groups in total. The van der Waals surface area contributed by atoms with Gasteiger partial charge in [0.05, 0.1) is 11.3 Å². The molecule has 0 bridgehead atoms. The Morgan fingerprint density at radius 3 is 2.36 bits per heavy atom. The lowest BCUT2D eigenvalue weighted by molar-refractivity contribution is -0.142. The normalized spacial score (nSPS) is 11.6. The molecule has 1 aromatic heterocycles. The van der Waals surface area contributed by atoms with E-state index in [0.717, 1.165) is 4.68 Å². The summed E-state index contributed by atoms with van der Waals surface area (Å²) >= 11 is 0. The van der Waals surface area contributed by atoms with Gasteiger partial charge in [0.2, 0.25) is 0 Å². The maximum Gasteiger partial charge on any atom is 0.435 e. The molecule has 0 aliphatic carbocycles. The van der Waals surface area contributed by atoms with Gasteiger partial charge >= 0.3 is 12.1 Å². The first-order chi connectivity index (χ1) is 10.3. The molecule has 0 amide bonds. The zero-order chi connectivity index (χ0) is 16.3. The largest absolute Gasteiger partial charge is 0.478 e. The third kappa shape index (κ3) is 3.45. The van der Waals surface area contributed by atoms with Crippen molar-refractivity contribution in [1.29, 1.82) is 0 Å². The first-order valence-electron chi connectivity index (χ1n) is 6.43. The van der Waals surface area contributed by atoms with Crippen molar-refractivity contribution < 1.29 is 28.2 Å². The highest BCUT2D eigenvalue weighted by Crippen LogP contribution is 2.32. The number of hydrogen-bond acceptors (Lipinski definition) is 3. The summed E-state index contributed by atoms with van der Waals surface area (Å²) in [5.41, 5.74) is -0.648. The van der Waals surface area contributed by atoms with E-state index < -0.39 is 17.8 Å². The van der Waals surface area contributed by atoms with Crippen LogP contribution < -0.4 is 0 Å². The molecule has 0 aliphatic heterocycles. The number of carbonyl (C=O) groups is 1. The average molecular weight is 314 g/mol. The lowest BCUT2D eigenvalue weighted by Gasteiger charge is -2.05. The zero-order valence-electron chi connectivity index (χ0n) is 11.3. The maximum absolute atomic E-state index is 13.0. The predicted molar refractivity (Wildman–Crippen MR) is 70.9 cm³/mol. The Morgan fingerprint density at radius 1 is 1.23 bits per heavy atom. The number of benzene rings is 1. The van der Waals surface area contributed by atoms with Crippen molar-refractivity contribution >= 4 is 5.97 Å². The number of aliphatic hydroxyl groups is 1. The van der Waals surface area contributed by atoms with Crippen LogP contribution in [0.5, 0.6) is 0 Å². The molecule has 0 radical (unpaired) electrons. The zero-order valence-corrected chi connectivity index (χ0v) is 11.3. The lowest BCUT2D eigenvalue weighted by atomic mass is 10.1. The quantitative estimate of drug-likeness (QED) is 0.889. The summed E-state index contributed by atoms with van der Waals surface area (Å²) in [5.74, 6) is -1.12. The van der Waals surface area contributed by atoms with Crippen molar-refractivity contribution in [1.82, 2.24) is 9.78 Å². The predicted octanol–water partition coefficient (Wildman–Crippen LogP) is 2.51. The molecule has 2 aromatic rings. The highest BCUT2D eigenvalue weighted by Gasteiger charge is 2.37. The summed E-state index contributed by atoms with van der Waals surface area (Å²) < 4.78 is 39.9. The van der Waals surface area contributed by atoms with Crippen molar-refractivity contribution in [3.8, 4) is 5.69 Å². The monoisotopic (exact) mass is 314 g/mol. The first-order valence-corrected chi connectivity index (χ1v) is 6.43. The average Bonchev–Trinajstić information content (AvgIpc) is 2.89. The van der Waals surface area contributed by atoms with Crippen LogP contribution >= 0.6 is 0 Å². The second-order valence-electron chi connectivity index (χ2n) is 4.62. The fourth-order valence-corrected chi connectivity index (χ4v) is 1.99. The van der Waals surface area contributed by atoms with Crippen LogP contribution in [0.25, 0.3) is 5.69 Å². The molecular weight excluding hydrogens is 301 g/mol. The van der Waals surface area contributed by atoms with Crippen molar-refractivity contribution in [2.75, 3.05) is 6.61 Å². The number of carboxylic acids is 1. The van der Waals surface area contributed by atoms with E-state index >= 15 is 0 Å². The van der Waals surface area contributed by atoms with Crippen molar-refractivity contribution in [2.45, 2.75) is 19.0 Å². The fraction of sp³-hybridized carbons (Fsp3) is 0.286. The molecule has 1 heterocycles. The first kappa shape index (κ1) is 16.0. The molecule has 8 heteroatoms. The van der Waals surface area contributed by atoms with Gasteiger partial charge in [-0.25, -0.2) is 9.48 Å². The van der Waals surface area contributed by atoms with Crippen LogP contribution in [0.2, 0.25) is 0 Å². The van der Waals surface area contributed by atoms with Crippen LogP contribution in [0.4, 0.5) is 13.2 Å². The van der Waals surface area contributed by atoms with Crippen molar-refractivity contribution in [3.63, 3.8) is 0 Å². The van der Waals surface area contributed by atoms with Crippen LogP contribution in [-0.2, 0) is 12.6 Å². The highest BCUT2D eigenvalue weighted by atomic mass is 19.4. The summed E-state index contributed by atoms with van der Waals surface area (Å²) in [6.07, 6.45) is -3.09. The number of aliphatic hydroxyl groups excluding tert-OH is 1. The van der Waals surface area contributed by atoms with Crippen LogP contribution in [-0.4, -0.2) is 32.6 Å². The van der Waals surface area contributed by atoms with Crippen molar-refractivity contribution in [2.24, 2.45) is 0 Å². The van der Waals surface area contributed by atoms with E-state index in [1.807, 2.05) is 0 Å². The molecule has 118 valence electrons. The molecule has 0 unspecified atom stereocenters. The minimum atomic E-state index is -4.59. The smallest absolute Gasteiger partial charge is 0.435 e. The number of carboxylic acid groups (broad SMARTS) is 1. The van der Waals surface area contributed by atoms with Gasteiger partial charge in [0.25, 0.3) is 0 Å². The summed E-state index contributed by atoms with van der Waals surface area (Å²) in [5, 5.41) is 21.1. The number of aromatic nitrogens is 2. The molecule has 22 heavy (non-hydrogen) atoms. The summed E-state index contributed by atoms with van der Waals surface area (Å²) in [6.45, 7) is -0.213. The second-order valence-corrected chi connectivity index (χ2v) is 4.62. The lowest BCUT2D eigenvalue weighted by Crippen LogP contribution is -2.10. The summed E-state index contributed by atoms with van der Waals surface area (Å²) in [7, 11) is 0. The Balaban J connectivity index is 2.38. The van der Waals surface area contributed by atoms with E-state index in [1.54, 1.807) is 0 Å². The minimum Gasteiger partial charge on any atom is -0.478 e. The Morgan fingerprint density at radius 2 is 1.86 bits per heavy atom. The minimum absolute atomic E-state index is 0.0103. The molecule has 0 spiro atoms. The standard InChI is InChI=1S/C14H13F3N2O3/c15-14(16,17)12-10(2-1-7-20)8-19(18-12)11-5-3-9(4-6-11)13(21)22/h3-6,8,20H,1-2,7H2,(H,21,22). The maximum atomic E-state index is 13.0. The molecule has 0 saturated carbocycles. The molecular formula is C14H13F3N2O3. The second kappa shape index (κ2) is 6.18. The number of nitrogens with zero attached hydrogens (tertiary/aromatic N) is 2. The van der Waals surface area contributed by atoms with Crippen molar-refractivity contribution in [3.05, 3.63) is 47.3 Å². The molecule has 0 atom stereocenters. The molecule has 1 aromatic carbocycles. The molecule has 0 aliphatic rings. The van der Waals surface area contributed by atoms with Crippen LogP contribution in [0.1, 0.15) is 28.0 Å². The number of halogens is 3. The third-order valence-corrected chi connectivity index (χ3v) is 3.04. The molecule has 5 nitrogen and oxygen atoms in total. The number of hydrogen-bond donors (Lipinski definition) is 2. The number of aromatic carboxylic acids is 1. The Hall–Kier alpha value is -2.35. The number of alkyl halides is 3. The van der Waals surface area contributed by atoms with Gasteiger partial charge in [-0.05, 0) is 37.1 Å². The van der Waals surface area contributed by atoms with Crippen LogP contribution in [0, 0.1) is 0 Å². The topological polar surface area (TPSA) is 75.3 Å². The Bertz CT molecular complexity index is 663. The van der Waals surface area contributed by atoms with E-state index in [1.165, 1.54) is 30.5 Å². The highest BCUT2D eigenvalue weighted by molar-refractivity contribution is 5.87. The van der Waals surface area contributed by atoms with E-state index in [0.29, 0.717) is 5.69 Å². The molecule has 2 rings (SSSR count). The van der Waals surface area contributed by atoms with Gasteiger partial charge < -0.3 is 10.2 Å². The summed E-state index contributed by atoms with van der Waals surface area (Å²) in [6, 6.07) is 5.35. The van der Waals surface area contributed by atoms with E-state index in [2.05, 4.69) is 5.10 Å². The van der Waals surface area contributed by atoms with Gasteiger partial charge in [-0.1, -0.05) is 0 Å². The van der Waals surface area contributed by atoms with Gasteiger partial charge in [0.1, 0.15) is 0 Å². The van der Waals surface area contributed by atoms with Gasteiger partial charge in [-0.2, -0.15) is 18.3 Å². The molecule has 0 fully saturated rings. The molecule has 0 saturated heterocycles. The van der Waals surface area contributed by atoms with Gasteiger partial charge in [-0.3, -0.25) is 0 Å². The third-order valence-electron chi connectivity index (χ3n) is 3.04. The summed E-state index contributed by atoms with van der Waals surface area (Å²) in [4.78, 5) is 10.8. The van der Waals surface area contributed by atoms with Gasteiger partial charge in [0, 0.05) is 18.4 Å². The van der Waals surface area contributed by atoms with Gasteiger partial charge in [-0.15, -0.1) is 0 Å². The van der Waals surface area contributed by atoms with Gasteiger partial charge in [0.15, 0.2) is 5.69 Å².